The second-order valence-electron chi connectivity index (χ2n) is 4.25. The van der Waals surface area contributed by atoms with Crippen LogP contribution < -0.4 is 0 Å². The van der Waals surface area contributed by atoms with Crippen molar-refractivity contribution in [3.8, 4) is 6.07 Å². The molecule has 1 rings (SSSR count). The summed E-state index contributed by atoms with van der Waals surface area (Å²) in [7, 11) is 0. The van der Waals surface area contributed by atoms with E-state index in [0.29, 0.717) is 12.0 Å². The highest BCUT2D eigenvalue weighted by atomic mass is 19.1. The number of nitriles is 1. The second kappa shape index (κ2) is 5.09. The summed E-state index contributed by atoms with van der Waals surface area (Å²) in [6.45, 7) is 3.48. The lowest BCUT2D eigenvalue weighted by molar-refractivity contribution is 0.0198. The Morgan fingerprint density at radius 1 is 1.56 bits per heavy atom. The van der Waals surface area contributed by atoms with Crippen molar-refractivity contribution in [1.29, 1.82) is 5.26 Å². The molecule has 0 fully saturated rings. The van der Waals surface area contributed by atoms with Crippen molar-refractivity contribution >= 4 is 0 Å². The fourth-order valence-electron chi connectivity index (χ4n) is 1.85. The molecule has 2 unspecified atom stereocenters. The molecule has 0 radical (unpaired) electrons. The van der Waals surface area contributed by atoms with Gasteiger partial charge in [-0.1, -0.05) is 19.1 Å². The van der Waals surface area contributed by atoms with Gasteiger partial charge in [0.2, 0.25) is 0 Å². The minimum absolute atomic E-state index is 0.289. The fourth-order valence-corrected chi connectivity index (χ4v) is 1.85. The Morgan fingerprint density at radius 3 is 2.75 bits per heavy atom. The van der Waals surface area contributed by atoms with Gasteiger partial charge in [-0.15, -0.1) is 0 Å². The third kappa shape index (κ3) is 3.04. The number of halogens is 1. The van der Waals surface area contributed by atoms with Crippen LogP contribution in [0.1, 0.15) is 25.8 Å². The monoisotopic (exact) mass is 221 g/mol. The average molecular weight is 221 g/mol. The van der Waals surface area contributed by atoms with Gasteiger partial charge in [0.15, 0.2) is 0 Å². The summed E-state index contributed by atoms with van der Waals surface area (Å²) in [6.07, 6.45) is 0.871. The third-order valence-corrected chi connectivity index (χ3v) is 2.77. The molecule has 1 aromatic carbocycles. The largest absolute Gasteiger partial charge is 0.388 e. The van der Waals surface area contributed by atoms with Crippen LogP contribution in [0.2, 0.25) is 0 Å². The number of hydrogen-bond donors (Lipinski definition) is 1. The van der Waals surface area contributed by atoms with Crippen molar-refractivity contribution in [3.63, 3.8) is 0 Å². The second-order valence-corrected chi connectivity index (χ2v) is 4.25. The van der Waals surface area contributed by atoms with Crippen molar-refractivity contribution in [2.24, 2.45) is 5.92 Å². The Morgan fingerprint density at radius 2 is 2.25 bits per heavy atom. The van der Waals surface area contributed by atoms with E-state index in [1.54, 1.807) is 19.1 Å². The van der Waals surface area contributed by atoms with E-state index in [9.17, 15) is 9.50 Å². The SMILES string of the molecule is CCC(C#N)C(C)(O)Cc1cccc(F)c1. The van der Waals surface area contributed by atoms with E-state index in [1.807, 2.05) is 6.92 Å². The molecule has 2 nitrogen and oxygen atoms in total. The molecule has 0 heterocycles. The molecule has 0 spiro atoms. The Balaban J connectivity index is 2.84. The lowest BCUT2D eigenvalue weighted by Gasteiger charge is -2.27. The van der Waals surface area contributed by atoms with E-state index in [-0.39, 0.29) is 12.2 Å². The maximum absolute atomic E-state index is 13.0. The average Bonchev–Trinajstić information content (AvgIpc) is 2.18. The Labute approximate surface area is 95.3 Å². The standard InChI is InChI=1S/C13H16FNO/c1-3-11(9-15)13(2,16)8-10-5-4-6-12(14)7-10/h4-7,11,16H,3,8H2,1-2H3. The van der Waals surface area contributed by atoms with Crippen LogP contribution in [0.15, 0.2) is 24.3 Å². The summed E-state index contributed by atoms with van der Waals surface area (Å²) in [6, 6.07) is 8.19. The molecule has 3 heteroatoms. The zero-order chi connectivity index (χ0) is 12.2. The molecule has 0 amide bonds. The zero-order valence-corrected chi connectivity index (χ0v) is 9.57. The lowest BCUT2D eigenvalue weighted by atomic mass is 9.83. The van der Waals surface area contributed by atoms with Gasteiger partial charge in [0.05, 0.1) is 17.6 Å². The molecule has 0 bridgehead atoms. The maximum Gasteiger partial charge on any atom is 0.123 e. The zero-order valence-electron chi connectivity index (χ0n) is 9.57. The number of aliphatic hydroxyl groups is 1. The number of benzene rings is 1. The molecular weight excluding hydrogens is 205 g/mol. The van der Waals surface area contributed by atoms with E-state index in [0.717, 1.165) is 0 Å². The molecule has 0 saturated carbocycles. The summed E-state index contributed by atoms with van der Waals surface area (Å²) in [5.74, 6) is -0.755. The van der Waals surface area contributed by atoms with Crippen LogP contribution in [-0.2, 0) is 6.42 Å². The maximum atomic E-state index is 13.0. The number of nitrogens with zero attached hydrogens (tertiary/aromatic N) is 1. The molecule has 1 N–H and O–H groups in total. The van der Waals surface area contributed by atoms with Crippen LogP contribution in [0.5, 0.6) is 0 Å². The highest BCUT2D eigenvalue weighted by Crippen LogP contribution is 2.24. The lowest BCUT2D eigenvalue weighted by Crippen LogP contribution is -2.35. The van der Waals surface area contributed by atoms with Crippen molar-refractivity contribution in [3.05, 3.63) is 35.6 Å². The highest BCUT2D eigenvalue weighted by molar-refractivity contribution is 5.19. The molecule has 1 aromatic rings. The van der Waals surface area contributed by atoms with Crippen LogP contribution in [-0.4, -0.2) is 10.7 Å². The number of rotatable bonds is 4. The van der Waals surface area contributed by atoms with Crippen LogP contribution in [0, 0.1) is 23.1 Å². The first-order chi connectivity index (χ1) is 7.49. The molecule has 0 aromatic heterocycles. The van der Waals surface area contributed by atoms with Crippen LogP contribution in [0.4, 0.5) is 4.39 Å². The summed E-state index contributed by atoms with van der Waals surface area (Å²) < 4.78 is 13.0. The van der Waals surface area contributed by atoms with E-state index in [1.165, 1.54) is 12.1 Å². The van der Waals surface area contributed by atoms with Gasteiger partial charge < -0.3 is 5.11 Å². The predicted octanol–water partition coefficient (Wildman–Crippen LogP) is 2.67. The Hall–Kier alpha value is -1.40. The minimum Gasteiger partial charge on any atom is -0.388 e. The van der Waals surface area contributed by atoms with Crippen molar-refractivity contribution in [2.45, 2.75) is 32.3 Å². The third-order valence-electron chi connectivity index (χ3n) is 2.77. The predicted molar refractivity (Wildman–Crippen MR) is 60.1 cm³/mol. The van der Waals surface area contributed by atoms with Gasteiger partial charge in [0.1, 0.15) is 5.82 Å². The highest BCUT2D eigenvalue weighted by Gasteiger charge is 2.30. The van der Waals surface area contributed by atoms with Crippen LogP contribution in [0.3, 0.4) is 0 Å². The van der Waals surface area contributed by atoms with E-state index < -0.39 is 11.5 Å². The summed E-state index contributed by atoms with van der Waals surface area (Å²) in [4.78, 5) is 0. The van der Waals surface area contributed by atoms with Gasteiger partial charge in [-0.25, -0.2) is 4.39 Å². The van der Waals surface area contributed by atoms with E-state index in [4.69, 9.17) is 5.26 Å². The van der Waals surface area contributed by atoms with Gasteiger partial charge in [0.25, 0.3) is 0 Å². The molecular formula is C13H16FNO. The van der Waals surface area contributed by atoms with Gasteiger partial charge >= 0.3 is 0 Å². The van der Waals surface area contributed by atoms with Gasteiger partial charge in [-0.05, 0) is 31.0 Å². The normalized spacial score (nSPS) is 16.2. The fraction of sp³-hybridized carbons (Fsp3) is 0.462. The summed E-state index contributed by atoms with van der Waals surface area (Å²) in [5.41, 5.74) is -0.407. The smallest absolute Gasteiger partial charge is 0.123 e. The van der Waals surface area contributed by atoms with Gasteiger partial charge in [0, 0.05) is 6.42 Å². The molecule has 0 aliphatic heterocycles. The minimum atomic E-state index is -1.11. The molecule has 2 atom stereocenters. The van der Waals surface area contributed by atoms with E-state index >= 15 is 0 Å². The first-order valence-electron chi connectivity index (χ1n) is 5.36. The molecule has 0 aliphatic carbocycles. The molecule has 0 saturated heterocycles. The van der Waals surface area contributed by atoms with Crippen molar-refractivity contribution in [2.75, 3.05) is 0 Å². The topological polar surface area (TPSA) is 44.0 Å². The number of hydrogen-bond acceptors (Lipinski definition) is 2. The van der Waals surface area contributed by atoms with E-state index in [2.05, 4.69) is 6.07 Å². The first-order valence-corrected chi connectivity index (χ1v) is 5.36. The van der Waals surface area contributed by atoms with Crippen LogP contribution >= 0.6 is 0 Å². The van der Waals surface area contributed by atoms with Crippen molar-refractivity contribution < 1.29 is 9.50 Å². The Bertz CT molecular complexity index is 395. The summed E-state index contributed by atoms with van der Waals surface area (Å²) >= 11 is 0. The van der Waals surface area contributed by atoms with Crippen LogP contribution in [0.25, 0.3) is 0 Å². The summed E-state index contributed by atoms with van der Waals surface area (Å²) in [5, 5.41) is 19.1. The molecule has 16 heavy (non-hydrogen) atoms. The van der Waals surface area contributed by atoms with Gasteiger partial charge in [-0.3, -0.25) is 0 Å². The molecule has 0 aliphatic rings. The first kappa shape index (κ1) is 12.7. The van der Waals surface area contributed by atoms with Gasteiger partial charge in [-0.2, -0.15) is 5.26 Å². The Kier molecular flexibility index (Phi) is 4.03. The van der Waals surface area contributed by atoms with Crippen molar-refractivity contribution in [1.82, 2.24) is 0 Å². The molecule has 86 valence electrons. The quantitative estimate of drug-likeness (QED) is 0.849.